The largest absolute Gasteiger partial charge is 0.281 e. The minimum absolute atomic E-state index is 0.173. The molecule has 0 bridgehead atoms. The van der Waals surface area contributed by atoms with Gasteiger partial charge in [0.15, 0.2) is 0 Å². The standard InChI is InChI=1S/C16H13N7O2S/c1-10-17-15-12(7-8-26-15)16(25)23(10)19-13(24)9-22-20-14(18-21-22)11-5-3-2-4-6-11/h2-8H,9H2,1H3,(H,19,24). The van der Waals surface area contributed by atoms with Gasteiger partial charge in [-0.2, -0.15) is 4.80 Å². The van der Waals surface area contributed by atoms with Gasteiger partial charge in [0.25, 0.3) is 11.5 Å². The highest BCUT2D eigenvalue weighted by atomic mass is 32.1. The van der Waals surface area contributed by atoms with E-state index in [4.69, 9.17) is 0 Å². The number of benzene rings is 1. The summed E-state index contributed by atoms with van der Waals surface area (Å²) in [4.78, 5) is 30.9. The van der Waals surface area contributed by atoms with Gasteiger partial charge >= 0.3 is 0 Å². The third-order valence-electron chi connectivity index (χ3n) is 3.67. The summed E-state index contributed by atoms with van der Waals surface area (Å²) in [7, 11) is 0. The van der Waals surface area contributed by atoms with E-state index in [1.807, 2.05) is 30.3 Å². The van der Waals surface area contributed by atoms with Crippen LogP contribution in [0.5, 0.6) is 0 Å². The van der Waals surface area contributed by atoms with Crippen molar-refractivity contribution in [2.45, 2.75) is 13.5 Å². The van der Waals surface area contributed by atoms with Crippen LogP contribution < -0.4 is 11.0 Å². The Morgan fingerprint density at radius 1 is 1.23 bits per heavy atom. The molecule has 0 aliphatic heterocycles. The Hall–Kier alpha value is -3.40. The molecule has 0 unspecified atom stereocenters. The zero-order valence-corrected chi connectivity index (χ0v) is 14.5. The van der Waals surface area contributed by atoms with Crippen molar-refractivity contribution < 1.29 is 4.79 Å². The third kappa shape index (κ3) is 2.97. The van der Waals surface area contributed by atoms with Gasteiger partial charge < -0.3 is 0 Å². The normalized spacial score (nSPS) is 11.0. The molecule has 9 nitrogen and oxygen atoms in total. The van der Waals surface area contributed by atoms with Crippen molar-refractivity contribution in [1.29, 1.82) is 0 Å². The molecule has 0 aliphatic rings. The average molecular weight is 367 g/mol. The molecule has 0 spiro atoms. The molecule has 1 aromatic carbocycles. The second kappa shape index (κ2) is 6.48. The van der Waals surface area contributed by atoms with Crippen molar-refractivity contribution in [2.24, 2.45) is 0 Å². The topological polar surface area (TPSA) is 108 Å². The lowest BCUT2D eigenvalue weighted by Gasteiger charge is -2.10. The highest BCUT2D eigenvalue weighted by Gasteiger charge is 2.13. The number of hydrogen-bond donors (Lipinski definition) is 1. The van der Waals surface area contributed by atoms with Gasteiger partial charge in [-0.15, -0.1) is 21.5 Å². The van der Waals surface area contributed by atoms with Crippen LogP contribution in [0.2, 0.25) is 0 Å². The summed E-state index contributed by atoms with van der Waals surface area (Å²) in [6, 6.07) is 11.0. The summed E-state index contributed by atoms with van der Waals surface area (Å²) in [5.74, 6) is 0.367. The van der Waals surface area contributed by atoms with Gasteiger partial charge in [0.2, 0.25) is 5.82 Å². The quantitative estimate of drug-likeness (QED) is 0.580. The summed E-state index contributed by atoms with van der Waals surface area (Å²) in [5, 5.41) is 14.2. The second-order valence-corrected chi connectivity index (χ2v) is 6.38. The van der Waals surface area contributed by atoms with E-state index in [1.54, 1.807) is 18.4 Å². The number of nitrogens with one attached hydrogen (secondary N) is 1. The molecule has 1 amide bonds. The number of aromatic nitrogens is 6. The van der Waals surface area contributed by atoms with E-state index in [1.165, 1.54) is 16.1 Å². The summed E-state index contributed by atoms with van der Waals surface area (Å²) < 4.78 is 1.13. The molecule has 0 radical (unpaired) electrons. The summed E-state index contributed by atoms with van der Waals surface area (Å²) in [6.07, 6.45) is 0. The van der Waals surface area contributed by atoms with Crippen LogP contribution in [0.15, 0.2) is 46.6 Å². The van der Waals surface area contributed by atoms with E-state index in [-0.39, 0.29) is 12.1 Å². The van der Waals surface area contributed by atoms with Gasteiger partial charge in [-0.3, -0.25) is 15.0 Å². The van der Waals surface area contributed by atoms with E-state index >= 15 is 0 Å². The van der Waals surface area contributed by atoms with E-state index < -0.39 is 5.91 Å². The van der Waals surface area contributed by atoms with E-state index in [0.29, 0.717) is 21.9 Å². The Labute approximate surface area is 150 Å². The van der Waals surface area contributed by atoms with Crippen molar-refractivity contribution in [3.05, 3.63) is 58.0 Å². The lowest BCUT2D eigenvalue weighted by Crippen LogP contribution is -2.37. The van der Waals surface area contributed by atoms with Crippen LogP contribution in [0.1, 0.15) is 5.82 Å². The van der Waals surface area contributed by atoms with Gasteiger partial charge in [-0.25, -0.2) is 9.66 Å². The lowest BCUT2D eigenvalue weighted by atomic mass is 10.2. The molecular formula is C16H13N7O2S. The average Bonchev–Trinajstić information content (AvgIpc) is 3.29. The molecule has 4 aromatic rings. The number of thiophene rings is 1. The maximum atomic E-state index is 12.5. The number of rotatable bonds is 4. The number of hydrogen-bond acceptors (Lipinski definition) is 7. The smallest absolute Gasteiger partial charge is 0.271 e. The molecule has 26 heavy (non-hydrogen) atoms. The zero-order valence-electron chi connectivity index (χ0n) is 13.7. The predicted octanol–water partition coefficient (Wildman–Crippen LogP) is 1.19. The summed E-state index contributed by atoms with van der Waals surface area (Å²) in [6.45, 7) is 1.48. The number of carbonyl (C=O) groups excluding carboxylic acids is 1. The van der Waals surface area contributed by atoms with Crippen LogP contribution in [0, 0.1) is 6.92 Å². The lowest BCUT2D eigenvalue weighted by molar-refractivity contribution is -0.118. The maximum Gasteiger partial charge on any atom is 0.281 e. The molecule has 0 saturated carbocycles. The van der Waals surface area contributed by atoms with Crippen LogP contribution >= 0.6 is 11.3 Å². The Kier molecular flexibility index (Phi) is 4.01. The van der Waals surface area contributed by atoms with Gasteiger partial charge in [0.1, 0.15) is 17.2 Å². The van der Waals surface area contributed by atoms with Gasteiger partial charge in [0.05, 0.1) is 5.39 Å². The Bertz CT molecular complexity index is 1150. The van der Waals surface area contributed by atoms with Crippen molar-refractivity contribution in [2.75, 3.05) is 5.43 Å². The SMILES string of the molecule is Cc1nc2sccc2c(=O)n1NC(=O)Cn1nnc(-c2ccccc2)n1. The third-order valence-corrected chi connectivity index (χ3v) is 4.48. The van der Waals surface area contributed by atoms with Crippen molar-refractivity contribution in [3.8, 4) is 11.4 Å². The first-order chi connectivity index (χ1) is 12.6. The first-order valence-electron chi connectivity index (χ1n) is 7.72. The van der Waals surface area contributed by atoms with E-state index in [2.05, 4.69) is 25.8 Å². The van der Waals surface area contributed by atoms with Gasteiger partial charge in [-0.1, -0.05) is 30.3 Å². The van der Waals surface area contributed by atoms with Crippen molar-refractivity contribution in [1.82, 2.24) is 29.9 Å². The van der Waals surface area contributed by atoms with E-state index in [0.717, 1.165) is 10.2 Å². The Balaban J connectivity index is 1.53. The molecule has 3 aromatic heterocycles. The molecular weight excluding hydrogens is 354 g/mol. The fourth-order valence-electron chi connectivity index (χ4n) is 2.45. The number of nitrogens with zero attached hydrogens (tertiary/aromatic N) is 6. The molecule has 10 heteroatoms. The van der Waals surface area contributed by atoms with E-state index in [9.17, 15) is 9.59 Å². The fourth-order valence-corrected chi connectivity index (χ4v) is 3.25. The molecule has 130 valence electrons. The molecule has 1 N–H and O–H groups in total. The highest BCUT2D eigenvalue weighted by Crippen LogP contribution is 2.14. The van der Waals surface area contributed by atoms with Crippen molar-refractivity contribution >= 4 is 27.5 Å². The molecule has 0 atom stereocenters. The zero-order chi connectivity index (χ0) is 18.1. The molecule has 4 rings (SSSR count). The summed E-state index contributed by atoms with van der Waals surface area (Å²) in [5.41, 5.74) is 3.02. The molecule has 0 saturated heterocycles. The second-order valence-electron chi connectivity index (χ2n) is 5.48. The minimum Gasteiger partial charge on any atom is -0.271 e. The number of fused-ring (bicyclic) bond motifs is 1. The van der Waals surface area contributed by atoms with Crippen LogP contribution in [0.4, 0.5) is 0 Å². The monoisotopic (exact) mass is 367 g/mol. The van der Waals surface area contributed by atoms with Crippen LogP contribution in [-0.4, -0.2) is 35.8 Å². The van der Waals surface area contributed by atoms with Crippen LogP contribution in [0.3, 0.4) is 0 Å². The first kappa shape index (κ1) is 16.1. The number of amides is 1. The molecule has 0 aliphatic carbocycles. The number of carbonyl (C=O) groups is 1. The summed E-state index contributed by atoms with van der Waals surface area (Å²) >= 11 is 1.38. The van der Waals surface area contributed by atoms with Crippen LogP contribution in [-0.2, 0) is 11.3 Å². The van der Waals surface area contributed by atoms with Gasteiger partial charge in [0, 0.05) is 5.56 Å². The number of tetrazole rings is 1. The van der Waals surface area contributed by atoms with Crippen molar-refractivity contribution in [3.63, 3.8) is 0 Å². The number of aryl methyl sites for hydroxylation is 1. The Morgan fingerprint density at radius 3 is 2.85 bits per heavy atom. The first-order valence-corrected chi connectivity index (χ1v) is 8.60. The predicted molar refractivity (Wildman–Crippen MR) is 96.2 cm³/mol. The van der Waals surface area contributed by atoms with Crippen LogP contribution in [0.25, 0.3) is 21.6 Å². The Morgan fingerprint density at radius 2 is 2.04 bits per heavy atom. The fraction of sp³-hybridized carbons (Fsp3) is 0.125. The van der Waals surface area contributed by atoms with Gasteiger partial charge in [-0.05, 0) is 23.6 Å². The highest BCUT2D eigenvalue weighted by molar-refractivity contribution is 7.16. The minimum atomic E-state index is -0.455. The maximum absolute atomic E-state index is 12.5. The molecule has 0 fully saturated rings. The molecule has 3 heterocycles.